The molecule has 1 aromatic heterocycles. The number of aromatic nitrogens is 1. The van der Waals surface area contributed by atoms with Crippen molar-refractivity contribution in [3.63, 3.8) is 0 Å². The van der Waals surface area contributed by atoms with E-state index in [4.69, 9.17) is 4.98 Å². The molecule has 20 heavy (non-hydrogen) atoms. The van der Waals surface area contributed by atoms with Gasteiger partial charge in [0.15, 0.2) is 0 Å². The third-order valence-corrected chi connectivity index (χ3v) is 5.29. The molecule has 3 heteroatoms. The van der Waals surface area contributed by atoms with Gasteiger partial charge in [-0.15, -0.1) is 11.3 Å². The van der Waals surface area contributed by atoms with Gasteiger partial charge in [-0.3, -0.25) is 0 Å². The smallest absolute Gasteiger partial charge is 0.110 e. The molecule has 0 radical (unpaired) electrons. The summed E-state index contributed by atoms with van der Waals surface area (Å²) in [4.78, 5) is 4.92. The van der Waals surface area contributed by atoms with Crippen LogP contribution in [0, 0.1) is 5.92 Å². The van der Waals surface area contributed by atoms with Crippen molar-refractivity contribution in [1.82, 2.24) is 10.3 Å². The Hall–Kier alpha value is -0.410. The van der Waals surface area contributed by atoms with Crippen LogP contribution >= 0.6 is 11.3 Å². The maximum absolute atomic E-state index is 4.92. The fourth-order valence-electron chi connectivity index (χ4n) is 3.07. The van der Waals surface area contributed by atoms with Crippen molar-refractivity contribution in [1.29, 1.82) is 0 Å². The zero-order valence-corrected chi connectivity index (χ0v) is 14.4. The minimum absolute atomic E-state index is 0.163. The third-order valence-electron chi connectivity index (χ3n) is 4.33. The predicted octanol–water partition coefficient (Wildman–Crippen LogP) is 5.06. The highest BCUT2D eigenvalue weighted by molar-refractivity contribution is 7.09. The van der Waals surface area contributed by atoms with Gasteiger partial charge in [-0.1, -0.05) is 59.8 Å². The minimum Gasteiger partial charge on any atom is -0.308 e. The third kappa shape index (κ3) is 4.29. The summed E-state index contributed by atoms with van der Waals surface area (Å²) < 4.78 is 0. The molecule has 1 aromatic rings. The molecule has 1 N–H and O–H groups in total. The van der Waals surface area contributed by atoms with E-state index in [-0.39, 0.29) is 5.41 Å². The van der Waals surface area contributed by atoms with Crippen LogP contribution in [0.25, 0.3) is 0 Å². The highest BCUT2D eigenvalue weighted by Gasteiger charge is 2.24. The van der Waals surface area contributed by atoms with E-state index in [1.54, 1.807) is 0 Å². The van der Waals surface area contributed by atoms with Crippen LogP contribution in [-0.4, -0.2) is 11.5 Å². The molecule has 1 unspecified atom stereocenters. The van der Waals surface area contributed by atoms with E-state index >= 15 is 0 Å². The van der Waals surface area contributed by atoms with Crippen LogP contribution in [-0.2, 0) is 5.41 Å². The van der Waals surface area contributed by atoms with Gasteiger partial charge in [-0.05, 0) is 18.9 Å². The van der Waals surface area contributed by atoms with Crippen LogP contribution in [0.1, 0.15) is 83.0 Å². The van der Waals surface area contributed by atoms with Crippen LogP contribution in [0.3, 0.4) is 0 Å². The van der Waals surface area contributed by atoms with Crippen molar-refractivity contribution >= 4 is 11.3 Å². The molecule has 1 saturated carbocycles. The lowest BCUT2D eigenvalue weighted by Gasteiger charge is -2.26. The van der Waals surface area contributed by atoms with Crippen molar-refractivity contribution < 1.29 is 0 Å². The van der Waals surface area contributed by atoms with E-state index in [0.29, 0.717) is 6.04 Å². The summed E-state index contributed by atoms with van der Waals surface area (Å²) in [5.74, 6) is 0.898. The second kappa shape index (κ2) is 7.04. The molecule has 0 saturated heterocycles. The van der Waals surface area contributed by atoms with Crippen LogP contribution in [0.2, 0.25) is 0 Å². The largest absolute Gasteiger partial charge is 0.308 e. The Kier molecular flexibility index (Phi) is 5.62. The summed E-state index contributed by atoms with van der Waals surface area (Å²) in [7, 11) is 0. The predicted molar refractivity (Wildman–Crippen MR) is 88.4 cm³/mol. The van der Waals surface area contributed by atoms with Crippen molar-refractivity contribution in [2.24, 2.45) is 5.92 Å². The molecular formula is C17H30N2S. The second-order valence-electron chi connectivity index (χ2n) is 7.17. The first kappa shape index (κ1) is 16.0. The van der Waals surface area contributed by atoms with Crippen LogP contribution in [0.4, 0.5) is 0 Å². The molecule has 1 atom stereocenters. The molecule has 0 aliphatic heterocycles. The zero-order chi connectivity index (χ0) is 14.6. The van der Waals surface area contributed by atoms with Gasteiger partial charge in [0.2, 0.25) is 0 Å². The van der Waals surface area contributed by atoms with E-state index < -0.39 is 0 Å². The lowest BCUT2D eigenvalue weighted by molar-refractivity contribution is 0.301. The number of hydrogen-bond donors (Lipinski definition) is 1. The Labute approximate surface area is 128 Å². The fraction of sp³-hybridized carbons (Fsp3) is 0.824. The SMILES string of the molecule is CCNC(CC1CCCCC1)c1nc(C(C)(C)C)cs1. The van der Waals surface area contributed by atoms with E-state index in [2.05, 4.69) is 38.4 Å². The summed E-state index contributed by atoms with van der Waals surface area (Å²) in [5, 5.41) is 7.20. The molecule has 0 bridgehead atoms. The summed E-state index contributed by atoms with van der Waals surface area (Å²) in [6.07, 6.45) is 8.39. The van der Waals surface area contributed by atoms with Gasteiger partial charge in [-0.2, -0.15) is 0 Å². The molecular weight excluding hydrogens is 264 g/mol. The Morgan fingerprint density at radius 2 is 2.00 bits per heavy atom. The summed E-state index contributed by atoms with van der Waals surface area (Å²) in [6.45, 7) is 9.97. The molecule has 0 aromatic carbocycles. The van der Waals surface area contributed by atoms with Crippen molar-refractivity contribution in [3.8, 4) is 0 Å². The molecule has 1 heterocycles. The number of hydrogen-bond acceptors (Lipinski definition) is 3. The Bertz CT molecular complexity index is 399. The maximum atomic E-state index is 4.92. The molecule has 1 fully saturated rings. The molecule has 1 aliphatic rings. The van der Waals surface area contributed by atoms with Crippen molar-refractivity contribution in [2.75, 3.05) is 6.54 Å². The zero-order valence-electron chi connectivity index (χ0n) is 13.5. The van der Waals surface area contributed by atoms with Crippen LogP contribution in [0.5, 0.6) is 0 Å². The molecule has 2 rings (SSSR count). The number of rotatable bonds is 5. The first-order chi connectivity index (χ1) is 9.50. The average Bonchev–Trinajstić information content (AvgIpc) is 2.89. The van der Waals surface area contributed by atoms with Gasteiger partial charge >= 0.3 is 0 Å². The van der Waals surface area contributed by atoms with Gasteiger partial charge < -0.3 is 5.32 Å². The maximum Gasteiger partial charge on any atom is 0.110 e. The highest BCUT2D eigenvalue weighted by atomic mass is 32.1. The fourth-order valence-corrected chi connectivity index (χ4v) is 4.20. The Balaban J connectivity index is 2.05. The Morgan fingerprint density at radius 3 is 2.55 bits per heavy atom. The van der Waals surface area contributed by atoms with Gasteiger partial charge in [0, 0.05) is 10.8 Å². The van der Waals surface area contributed by atoms with Gasteiger partial charge in [0.25, 0.3) is 0 Å². The minimum atomic E-state index is 0.163. The lowest BCUT2D eigenvalue weighted by Crippen LogP contribution is -2.24. The molecule has 114 valence electrons. The molecule has 0 spiro atoms. The summed E-state index contributed by atoms with van der Waals surface area (Å²) in [5.41, 5.74) is 1.40. The van der Waals surface area contributed by atoms with Gasteiger partial charge in [-0.25, -0.2) is 4.98 Å². The quantitative estimate of drug-likeness (QED) is 0.821. The second-order valence-corrected chi connectivity index (χ2v) is 8.06. The molecule has 1 aliphatic carbocycles. The van der Waals surface area contributed by atoms with Crippen molar-refractivity contribution in [3.05, 3.63) is 16.1 Å². The monoisotopic (exact) mass is 294 g/mol. The number of nitrogens with one attached hydrogen (secondary N) is 1. The Morgan fingerprint density at radius 1 is 1.30 bits per heavy atom. The van der Waals surface area contributed by atoms with E-state index in [1.165, 1.54) is 49.2 Å². The van der Waals surface area contributed by atoms with Crippen LogP contribution in [0.15, 0.2) is 5.38 Å². The van der Waals surface area contributed by atoms with E-state index in [1.807, 2.05) is 11.3 Å². The topological polar surface area (TPSA) is 24.9 Å². The first-order valence-corrected chi connectivity index (χ1v) is 9.08. The lowest BCUT2D eigenvalue weighted by atomic mass is 9.85. The van der Waals surface area contributed by atoms with Gasteiger partial charge in [0.05, 0.1) is 11.7 Å². The van der Waals surface area contributed by atoms with E-state index in [0.717, 1.165) is 12.5 Å². The number of nitrogens with zero attached hydrogens (tertiary/aromatic N) is 1. The van der Waals surface area contributed by atoms with Crippen LogP contribution < -0.4 is 5.32 Å². The standard InChI is InChI=1S/C17H30N2S/c1-5-18-14(11-13-9-7-6-8-10-13)16-19-15(12-20-16)17(2,3)4/h12-14,18H,5-11H2,1-4H3. The highest BCUT2D eigenvalue weighted by Crippen LogP contribution is 2.34. The summed E-state index contributed by atoms with van der Waals surface area (Å²) >= 11 is 1.84. The summed E-state index contributed by atoms with van der Waals surface area (Å²) in [6, 6.07) is 0.462. The molecule has 2 nitrogen and oxygen atoms in total. The molecule has 0 amide bonds. The average molecular weight is 295 g/mol. The van der Waals surface area contributed by atoms with Crippen molar-refractivity contribution in [2.45, 2.75) is 77.7 Å². The first-order valence-electron chi connectivity index (χ1n) is 8.20. The van der Waals surface area contributed by atoms with Gasteiger partial charge in [0.1, 0.15) is 5.01 Å². The van der Waals surface area contributed by atoms with E-state index in [9.17, 15) is 0 Å². The normalized spacial score (nSPS) is 19.2. The number of thiazole rings is 1.